The zero-order chi connectivity index (χ0) is 14.3. The van der Waals surface area contributed by atoms with Crippen LogP contribution in [0.4, 0.5) is 0 Å². The maximum absolute atomic E-state index is 11.6. The minimum atomic E-state index is -3.20. The molecule has 0 saturated heterocycles. The van der Waals surface area contributed by atoms with Crippen molar-refractivity contribution in [2.75, 3.05) is 30.6 Å². The van der Waals surface area contributed by atoms with Crippen molar-refractivity contribution in [2.45, 2.75) is 13.0 Å². The van der Waals surface area contributed by atoms with Crippen LogP contribution >= 0.6 is 0 Å². The number of methoxy groups -OCH3 is 1. The van der Waals surface area contributed by atoms with Gasteiger partial charge in [-0.2, -0.15) is 0 Å². The highest BCUT2D eigenvalue weighted by molar-refractivity contribution is 7.92. The minimum absolute atomic E-state index is 0.0775. The predicted octanol–water partition coefficient (Wildman–Crippen LogP) is -1.54. The van der Waals surface area contributed by atoms with Gasteiger partial charge in [-0.1, -0.05) is 0 Å². The monoisotopic (exact) mass is 299 g/mol. The molecule has 0 rings (SSSR count). The standard InChI is InChI=1S/C9H17NO6S2/c1-7(11)10-8(9(12)16-2)6-17(13)4-5-18(3,14)15/h8H,4-6H2,1-3H3,(H,10,11). The summed E-state index contributed by atoms with van der Waals surface area (Å²) in [5, 5.41) is 2.30. The Bertz CT molecular complexity index is 430. The summed E-state index contributed by atoms with van der Waals surface area (Å²) in [6, 6.07) is -1.02. The SMILES string of the molecule is COC(=O)C(CS(=O)CCS(C)(=O)=O)NC(C)=O. The Morgan fingerprint density at radius 2 is 1.94 bits per heavy atom. The van der Waals surface area contributed by atoms with Gasteiger partial charge >= 0.3 is 5.97 Å². The molecular formula is C9H17NO6S2. The fourth-order valence-corrected chi connectivity index (χ4v) is 3.78. The van der Waals surface area contributed by atoms with Crippen LogP contribution in [0.15, 0.2) is 0 Å². The Kier molecular flexibility index (Phi) is 7.07. The van der Waals surface area contributed by atoms with Gasteiger partial charge < -0.3 is 10.1 Å². The molecule has 106 valence electrons. The van der Waals surface area contributed by atoms with E-state index in [0.29, 0.717) is 0 Å². The molecule has 0 fully saturated rings. The largest absolute Gasteiger partial charge is 0.467 e. The second-order valence-corrected chi connectivity index (χ2v) is 7.60. The van der Waals surface area contributed by atoms with E-state index in [-0.39, 0.29) is 17.3 Å². The molecule has 0 aliphatic carbocycles. The van der Waals surface area contributed by atoms with Crippen LogP contribution in [-0.2, 0) is 35.0 Å². The number of carbonyl (C=O) groups is 2. The van der Waals surface area contributed by atoms with Crippen molar-refractivity contribution < 1.29 is 27.0 Å². The molecule has 0 heterocycles. The molecule has 0 aliphatic rings. The molecule has 0 aromatic carbocycles. The number of sulfone groups is 1. The van der Waals surface area contributed by atoms with E-state index in [1.807, 2.05) is 0 Å². The van der Waals surface area contributed by atoms with Crippen LogP contribution in [0.1, 0.15) is 6.92 Å². The quantitative estimate of drug-likeness (QED) is 0.571. The van der Waals surface area contributed by atoms with Crippen molar-refractivity contribution >= 4 is 32.5 Å². The van der Waals surface area contributed by atoms with Crippen LogP contribution in [0.25, 0.3) is 0 Å². The number of hydrogen-bond donors (Lipinski definition) is 1. The van der Waals surface area contributed by atoms with Crippen LogP contribution in [0.5, 0.6) is 0 Å². The molecule has 1 amide bonds. The number of amides is 1. The molecule has 7 nitrogen and oxygen atoms in total. The Hall–Kier alpha value is -0.960. The number of rotatable bonds is 7. The second-order valence-electron chi connectivity index (χ2n) is 3.72. The lowest BCUT2D eigenvalue weighted by molar-refractivity contribution is -0.144. The summed E-state index contributed by atoms with van der Waals surface area (Å²) in [6.07, 6.45) is 1.04. The summed E-state index contributed by atoms with van der Waals surface area (Å²) in [7, 11) is -3.58. The van der Waals surface area contributed by atoms with Crippen molar-refractivity contribution in [3.05, 3.63) is 0 Å². The molecule has 0 radical (unpaired) electrons. The molecule has 0 aromatic heterocycles. The highest BCUT2D eigenvalue weighted by atomic mass is 32.2. The van der Waals surface area contributed by atoms with E-state index >= 15 is 0 Å². The number of esters is 1. The highest BCUT2D eigenvalue weighted by Gasteiger charge is 2.23. The van der Waals surface area contributed by atoms with Crippen molar-refractivity contribution in [1.29, 1.82) is 0 Å². The fourth-order valence-electron chi connectivity index (χ4n) is 1.07. The van der Waals surface area contributed by atoms with E-state index in [9.17, 15) is 22.2 Å². The van der Waals surface area contributed by atoms with E-state index in [1.54, 1.807) is 0 Å². The lowest BCUT2D eigenvalue weighted by Crippen LogP contribution is -2.44. The van der Waals surface area contributed by atoms with Crippen LogP contribution in [0, 0.1) is 0 Å². The van der Waals surface area contributed by atoms with Gasteiger partial charge in [0.1, 0.15) is 15.9 Å². The first kappa shape index (κ1) is 17.0. The average molecular weight is 299 g/mol. The van der Waals surface area contributed by atoms with Crippen LogP contribution < -0.4 is 5.32 Å². The molecular weight excluding hydrogens is 282 g/mol. The normalized spacial score (nSPS) is 14.6. The van der Waals surface area contributed by atoms with Gasteiger partial charge in [0.15, 0.2) is 0 Å². The summed E-state index contributed by atoms with van der Waals surface area (Å²) in [5.74, 6) is -1.63. The molecule has 0 spiro atoms. The van der Waals surface area contributed by atoms with Gasteiger partial charge in [-0.05, 0) is 0 Å². The van der Waals surface area contributed by atoms with E-state index in [1.165, 1.54) is 6.92 Å². The molecule has 18 heavy (non-hydrogen) atoms. The lowest BCUT2D eigenvalue weighted by atomic mass is 10.3. The zero-order valence-corrected chi connectivity index (χ0v) is 12.1. The summed E-state index contributed by atoms with van der Waals surface area (Å²) in [5.41, 5.74) is 0. The van der Waals surface area contributed by atoms with Crippen molar-refractivity contribution in [2.24, 2.45) is 0 Å². The Morgan fingerprint density at radius 3 is 2.33 bits per heavy atom. The van der Waals surface area contributed by atoms with E-state index in [2.05, 4.69) is 10.1 Å². The molecule has 2 atom stereocenters. The first-order valence-electron chi connectivity index (χ1n) is 5.03. The maximum atomic E-state index is 11.6. The second kappa shape index (κ2) is 7.47. The smallest absolute Gasteiger partial charge is 0.329 e. The molecule has 9 heteroatoms. The van der Waals surface area contributed by atoms with E-state index in [4.69, 9.17) is 0 Å². The lowest BCUT2D eigenvalue weighted by Gasteiger charge is -2.14. The summed E-state index contributed by atoms with van der Waals surface area (Å²) in [6.45, 7) is 1.22. The fraction of sp³-hybridized carbons (Fsp3) is 0.778. The van der Waals surface area contributed by atoms with Crippen molar-refractivity contribution in [3.8, 4) is 0 Å². The number of carbonyl (C=O) groups excluding carboxylic acids is 2. The minimum Gasteiger partial charge on any atom is -0.467 e. The third-order valence-electron chi connectivity index (χ3n) is 1.90. The molecule has 0 saturated carbocycles. The Labute approximate surface area is 109 Å². The van der Waals surface area contributed by atoms with Gasteiger partial charge in [-0.25, -0.2) is 13.2 Å². The average Bonchev–Trinajstić information content (AvgIpc) is 2.22. The van der Waals surface area contributed by atoms with Crippen molar-refractivity contribution in [3.63, 3.8) is 0 Å². The topological polar surface area (TPSA) is 107 Å². The van der Waals surface area contributed by atoms with E-state index in [0.717, 1.165) is 13.4 Å². The summed E-state index contributed by atoms with van der Waals surface area (Å²) < 4.78 is 37.8. The molecule has 1 N–H and O–H groups in total. The number of nitrogens with one attached hydrogen (secondary N) is 1. The Morgan fingerprint density at radius 1 is 1.39 bits per heavy atom. The van der Waals surface area contributed by atoms with Gasteiger partial charge in [-0.3, -0.25) is 9.00 Å². The van der Waals surface area contributed by atoms with Gasteiger partial charge in [0.25, 0.3) is 0 Å². The highest BCUT2D eigenvalue weighted by Crippen LogP contribution is 1.96. The van der Waals surface area contributed by atoms with Gasteiger partial charge in [0.05, 0.1) is 18.6 Å². The molecule has 0 aliphatic heterocycles. The van der Waals surface area contributed by atoms with Crippen molar-refractivity contribution in [1.82, 2.24) is 5.32 Å². The van der Waals surface area contributed by atoms with Gasteiger partial charge in [-0.15, -0.1) is 0 Å². The summed E-state index contributed by atoms with van der Waals surface area (Å²) in [4.78, 5) is 22.2. The van der Waals surface area contributed by atoms with Gasteiger partial charge in [0, 0.05) is 29.7 Å². The third kappa shape index (κ3) is 8.18. The first-order valence-corrected chi connectivity index (χ1v) is 8.58. The van der Waals surface area contributed by atoms with E-state index < -0.39 is 38.6 Å². The zero-order valence-electron chi connectivity index (χ0n) is 10.5. The molecule has 0 aromatic rings. The number of hydrogen-bond acceptors (Lipinski definition) is 6. The third-order valence-corrected chi connectivity index (χ3v) is 4.47. The van der Waals surface area contributed by atoms with Gasteiger partial charge in [0.2, 0.25) is 5.91 Å². The molecule has 2 unspecified atom stereocenters. The van der Waals surface area contributed by atoms with Crippen LogP contribution in [0.3, 0.4) is 0 Å². The first-order chi connectivity index (χ1) is 8.15. The summed E-state index contributed by atoms with van der Waals surface area (Å²) >= 11 is 0. The maximum Gasteiger partial charge on any atom is 0.329 e. The van der Waals surface area contributed by atoms with Crippen LogP contribution in [0.2, 0.25) is 0 Å². The number of ether oxygens (including phenoxy) is 1. The van der Waals surface area contributed by atoms with Crippen LogP contribution in [-0.4, -0.2) is 61.2 Å². The predicted molar refractivity (Wildman–Crippen MR) is 67.2 cm³/mol. The Balaban J connectivity index is 4.44. The molecule has 0 bridgehead atoms.